The van der Waals surface area contributed by atoms with E-state index < -0.39 is 0 Å². The fourth-order valence-electron chi connectivity index (χ4n) is 1.57. The Balaban J connectivity index is 1.90. The number of anilines is 1. The lowest BCUT2D eigenvalue weighted by Gasteiger charge is -2.05. The van der Waals surface area contributed by atoms with Crippen LogP contribution in [0.25, 0.3) is 0 Å². The number of aryl methyl sites for hydroxylation is 1. The minimum Gasteiger partial charge on any atom is -0.494 e. The van der Waals surface area contributed by atoms with E-state index in [0.29, 0.717) is 6.61 Å². The maximum absolute atomic E-state index is 5.39. The highest BCUT2D eigenvalue weighted by Gasteiger charge is 1.97. The normalized spacial score (nSPS) is 10.2. The molecule has 0 amide bonds. The molecule has 0 unspecified atom stereocenters. The number of nitrogens with one attached hydrogen (secondary N) is 1. The van der Waals surface area contributed by atoms with Gasteiger partial charge in [0.2, 0.25) is 0 Å². The summed E-state index contributed by atoms with van der Waals surface area (Å²) in [6.45, 7) is 3.45. The topological polar surface area (TPSA) is 39.1 Å². The van der Waals surface area contributed by atoms with E-state index in [1.54, 1.807) is 4.68 Å². The molecule has 0 aliphatic rings. The molecule has 4 heteroatoms. The average Bonchev–Trinajstić information content (AvgIpc) is 2.75. The van der Waals surface area contributed by atoms with Crippen LogP contribution in [-0.2, 0) is 13.6 Å². The van der Waals surface area contributed by atoms with Gasteiger partial charge in [0.1, 0.15) is 11.6 Å². The van der Waals surface area contributed by atoms with Crippen molar-refractivity contribution in [3.8, 4) is 5.75 Å². The van der Waals surface area contributed by atoms with E-state index in [1.807, 2.05) is 38.4 Å². The molecule has 0 bridgehead atoms. The Kier molecular flexibility index (Phi) is 3.65. The highest BCUT2D eigenvalue weighted by molar-refractivity contribution is 5.35. The monoisotopic (exact) mass is 231 g/mol. The molecular formula is C13H17N3O. The lowest BCUT2D eigenvalue weighted by Crippen LogP contribution is -2.01. The van der Waals surface area contributed by atoms with Gasteiger partial charge in [0.05, 0.1) is 6.61 Å². The van der Waals surface area contributed by atoms with E-state index >= 15 is 0 Å². The van der Waals surface area contributed by atoms with E-state index in [1.165, 1.54) is 5.56 Å². The third-order valence-electron chi connectivity index (χ3n) is 2.42. The van der Waals surface area contributed by atoms with Gasteiger partial charge in [-0.05, 0) is 24.6 Å². The zero-order valence-corrected chi connectivity index (χ0v) is 10.2. The SMILES string of the molecule is CCOc1ccc(CNc2ccn(C)n2)cc1. The molecule has 1 N–H and O–H groups in total. The van der Waals surface area contributed by atoms with E-state index in [-0.39, 0.29) is 0 Å². The van der Waals surface area contributed by atoms with Crippen molar-refractivity contribution in [1.82, 2.24) is 9.78 Å². The molecule has 1 aromatic heterocycles. The van der Waals surface area contributed by atoms with Gasteiger partial charge in [-0.25, -0.2) is 0 Å². The van der Waals surface area contributed by atoms with Gasteiger partial charge in [-0.3, -0.25) is 4.68 Å². The summed E-state index contributed by atoms with van der Waals surface area (Å²) < 4.78 is 7.17. The number of nitrogens with zero attached hydrogens (tertiary/aromatic N) is 2. The largest absolute Gasteiger partial charge is 0.494 e. The molecule has 1 heterocycles. The average molecular weight is 231 g/mol. The van der Waals surface area contributed by atoms with Crippen molar-refractivity contribution < 1.29 is 4.74 Å². The van der Waals surface area contributed by atoms with E-state index in [9.17, 15) is 0 Å². The van der Waals surface area contributed by atoms with Crippen molar-refractivity contribution >= 4 is 5.82 Å². The molecule has 2 rings (SSSR count). The molecule has 1 aromatic carbocycles. The maximum atomic E-state index is 5.39. The summed E-state index contributed by atoms with van der Waals surface area (Å²) in [7, 11) is 1.90. The van der Waals surface area contributed by atoms with E-state index in [0.717, 1.165) is 18.1 Å². The Bertz CT molecular complexity index is 462. The van der Waals surface area contributed by atoms with Crippen LogP contribution < -0.4 is 10.1 Å². The fraction of sp³-hybridized carbons (Fsp3) is 0.308. The Morgan fingerprint density at radius 2 is 2.00 bits per heavy atom. The highest BCUT2D eigenvalue weighted by Crippen LogP contribution is 2.13. The van der Waals surface area contributed by atoms with Gasteiger partial charge in [-0.1, -0.05) is 12.1 Å². The Hall–Kier alpha value is -1.97. The van der Waals surface area contributed by atoms with Crippen LogP contribution in [0.1, 0.15) is 12.5 Å². The lowest BCUT2D eigenvalue weighted by molar-refractivity contribution is 0.340. The zero-order chi connectivity index (χ0) is 12.1. The Labute approximate surface area is 101 Å². The summed E-state index contributed by atoms with van der Waals surface area (Å²) in [6, 6.07) is 10.0. The summed E-state index contributed by atoms with van der Waals surface area (Å²) in [4.78, 5) is 0. The van der Waals surface area contributed by atoms with Crippen LogP contribution in [0.3, 0.4) is 0 Å². The van der Waals surface area contributed by atoms with Crippen molar-refractivity contribution in [2.45, 2.75) is 13.5 Å². The third-order valence-corrected chi connectivity index (χ3v) is 2.42. The van der Waals surface area contributed by atoms with Gasteiger partial charge in [-0.15, -0.1) is 0 Å². The number of aromatic nitrogens is 2. The van der Waals surface area contributed by atoms with Crippen molar-refractivity contribution in [2.24, 2.45) is 7.05 Å². The van der Waals surface area contributed by atoms with Crippen molar-refractivity contribution in [2.75, 3.05) is 11.9 Å². The second-order valence-electron chi connectivity index (χ2n) is 3.81. The van der Waals surface area contributed by atoms with Gasteiger partial charge in [-0.2, -0.15) is 5.10 Å². The van der Waals surface area contributed by atoms with Gasteiger partial charge < -0.3 is 10.1 Å². The summed E-state index contributed by atoms with van der Waals surface area (Å²) in [5.41, 5.74) is 1.21. The molecule has 0 fully saturated rings. The minimum atomic E-state index is 0.700. The predicted octanol–water partition coefficient (Wildman–Crippen LogP) is 2.43. The molecule has 0 aliphatic heterocycles. The number of ether oxygens (including phenoxy) is 1. The summed E-state index contributed by atoms with van der Waals surface area (Å²) in [6.07, 6.45) is 1.92. The number of benzene rings is 1. The van der Waals surface area contributed by atoms with Crippen LogP contribution in [0.2, 0.25) is 0 Å². The lowest BCUT2D eigenvalue weighted by atomic mass is 10.2. The molecule has 0 saturated heterocycles. The van der Waals surface area contributed by atoms with Crippen LogP contribution in [0.5, 0.6) is 5.75 Å². The zero-order valence-electron chi connectivity index (χ0n) is 10.2. The van der Waals surface area contributed by atoms with Gasteiger partial charge in [0.15, 0.2) is 0 Å². The van der Waals surface area contributed by atoms with Crippen LogP contribution in [0.15, 0.2) is 36.5 Å². The van der Waals surface area contributed by atoms with Crippen LogP contribution in [0.4, 0.5) is 5.82 Å². The number of rotatable bonds is 5. The van der Waals surface area contributed by atoms with Gasteiger partial charge in [0.25, 0.3) is 0 Å². The molecular weight excluding hydrogens is 214 g/mol. The molecule has 4 nitrogen and oxygen atoms in total. The molecule has 0 radical (unpaired) electrons. The highest BCUT2D eigenvalue weighted by atomic mass is 16.5. The quantitative estimate of drug-likeness (QED) is 0.859. The third kappa shape index (κ3) is 3.24. The number of hydrogen-bond donors (Lipinski definition) is 1. The fourth-order valence-corrected chi connectivity index (χ4v) is 1.57. The molecule has 0 aliphatic carbocycles. The minimum absolute atomic E-state index is 0.700. The van der Waals surface area contributed by atoms with Crippen LogP contribution >= 0.6 is 0 Å². The standard InChI is InChI=1S/C13H17N3O/c1-3-17-12-6-4-11(5-7-12)10-14-13-8-9-16(2)15-13/h4-9H,3,10H2,1-2H3,(H,14,15). The first-order valence-corrected chi connectivity index (χ1v) is 5.73. The second kappa shape index (κ2) is 5.39. The van der Waals surface area contributed by atoms with Crippen molar-refractivity contribution in [3.63, 3.8) is 0 Å². The predicted molar refractivity (Wildman–Crippen MR) is 68.1 cm³/mol. The molecule has 2 aromatic rings. The van der Waals surface area contributed by atoms with Crippen molar-refractivity contribution in [3.05, 3.63) is 42.1 Å². The van der Waals surface area contributed by atoms with E-state index in [2.05, 4.69) is 22.5 Å². The van der Waals surface area contributed by atoms with E-state index in [4.69, 9.17) is 4.74 Å². The Morgan fingerprint density at radius 1 is 1.24 bits per heavy atom. The molecule has 0 atom stereocenters. The summed E-state index contributed by atoms with van der Waals surface area (Å²) in [5, 5.41) is 7.51. The first kappa shape index (κ1) is 11.5. The van der Waals surface area contributed by atoms with Crippen LogP contribution in [-0.4, -0.2) is 16.4 Å². The maximum Gasteiger partial charge on any atom is 0.148 e. The molecule has 0 saturated carbocycles. The molecule has 0 spiro atoms. The first-order valence-electron chi connectivity index (χ1n) is 5.73. The second-order valence-corrected chi connectivity index (χ2v) is 3.81. The summed E-state index contributed by atoms with van der Waals surface area (Å²) >= 11 is 0. The van der Waals surface area contributed by atoms with Gasteiger partial charge in [0, 0.05) is 25.9 Å². The van der Waals surface area contributed by atoms with Crippen LogP contribution in [0, 0.1) is 0 Å². The first-order chi connectivity index (χ1) is 8.28. The van der Waals surface area contributed by atoms with Crippen molar-refractivity contribution in [1.29, 1.82) is 0 Å². The molecule has 90 valence electrons. The summed E-state index contributed by atoms with van der Waals surface area (Å²) in [5.74, 6) is 1.80. The van der Waals surface area contributed by atoms with Gasteiger partial charge >= 0.3 is 0 Å². The molecule has 17 heavy (non-hydrogen) atoms. The smallest absolute Gasteiger partial charge is 0.148 e. The Morgan fingerprint density at radius 3 is 2.59 bits per heavy atom. The number of hydrogen-bond acceptors (Lipinski definition) is 3.